The molecule has 1 aliphatic rings. The van der Waals surface area contributed by atoms with E-state index in [1.54, 1.807) is 12.3 Å². The van der Waals surface area contributed by atoms with Crippen molar-refractivity contribution in [1.82, 2.24) is 0 Å². The molecule has 98 valence electrons. The van der Waals surface area contributed by atoms with E-state index in [9.17, 15) is 0 Å². The largest absolute Gasteiger partial charge is 0.492 e. The minimum Gasteiger partial charge on any atom is -0.492 e. The van der Waals surface area contributed by atoms with Gasteiger partial charge in [-0.15, -0.1) is 0 Å². The van der Waals surface area contributed by atoms with Crippen LogP contribution in [0, 0.1) is 13.8 Å². The number of nitrogens with zero attached hydrogens (tertiary/aromatic N) is 1. The topological polar surface area (TPSA) is 21.6 Å². The summed E-state index contributed by atoms with van der Waals surface area (Å²) in [7, 11) is 0. The second kappa shape index (κ2) is 5.70. The van der Waals surface area contributed by atoms with Crippen molar-refractivity contribution in [3.8, 4) is 5.75 Å². The lowest BCUT2D eigenvalue weighted by Gasteiger charge is -2.13. The number of hydrogen-bond donors (Lipinski definition) is 0. The third kappa shape index (κ3) is 2.53. The Morgan fingerprint density at radius 2 is 2.05 bits per heavy atom. The Kier molecular flexibility index (Phi) is 4.00. The van der Waals surface area contributed by atoms with Crippen molar-refractivity contribution in [2.45, 2.75) is 20.3 Å². The van der Waals surface area contributed by atoms with Gasteiger partial charge in [-0.2, -0.15) is 0 Å². The summed E-state index contributed by atoms with van der Waals surface area (Å²) in [6.45, 7) is 12.3. The van der Waals surface area contributed by atoms with Crippen molar-refractivity contribution >= 4 is 11.3 Å². The number of rotatable bonds is 2. The number of aliphatic imine (C=N–C) groups is 1. The minimum absolute atomic E-state index is 0.637. The standard InChI is InChI=1S/C17H19NO/c1-5-7-14-15-9-8-12(3)13(4)17(15)19-11-10-16(14)18-6-2/h5-9H,1-2,10-11H2,3-4H3. The smallest absolute Gasteiger partial charge is 0.130 e. The van der Waals surface area contributed by atoms with Gasteiger partial charge in [0.25, 0.3) is 0 Å². The molecule has 1 aliphatic heterocycles. The SMILES string of the molecule is C=CC=C1C(=NC=C)CCOc2c1ccc(C)c2C. The molecule has 2 nitrogen and oxygen atoms in total. The number of benzene rings is 1. The highest BCUT2D eigenvalue weighted by molar-refractivity contribution is 6.25. The van der Waals surface area contributed by atoms with E-state index >= 15 is 0 Å². The summed E-state index contributed by atoms with van der Waals surface area (Å²) in [6, 6.07) is 4.21. The first-order valence-corrected chi connectivity index (χ1v) is 6.43. The summed E-state index contributed by atoms with van der Waals surface area (Å²) in [4.78, 5) is 4.38. The average Bonchev–Trinajstić information content (AvgIpc) is 2.56. The van der Waals surface area contributed by atoms with Gasteiger partial charge in [-0.25, -0.2) is 0 Å². The molecule has 2 heteroatoms. The van der Waals surface area contributed by atoms with E-state index < -0.39 is 0 Å². The van der Waals surface area contributed by atoms with Crippen molar-refractivity contribution in [2.24, 2.45) is 4.99 Å². The highest BCUT2D eigenvalue weighted by Crippen LogP contribution is 2.35. The monoisotopic (exact) mass is 253 g/mol. The molecule has 0 radical (unpaired) electrons. The fourth-order valence-corrected chi connectivity index (χ4v) is 2.28. The maximum absolute atomic E-state index is 5.92. The van der Waals surface area contributed by atoms with Crippen LogP contribution in [0.15, 0.2) is 48.6 Å². The molecule has 0 fully saturated rings. The summed E-state index contributed by atoms with van der Waals surface area (Å²) in [5.74, 6) is 0.961. The van der Waals surface area contributed by atoms with E-state index in [0.29, 0.717) is 6.61 Å². The average molecular weight is 253 g/mol. The van der Waals surface area contributed by atoms with Gasteiger partial charge in [0.2, 0.25) is 0 Å². The van der Waals surface area contributed by atoms with Crippen LogP contribution in [0.1, 0.15) is 23.1 Å². The lowest BCUT2D eigenvalue weighted by atomic mass is 9.95. The highest BCUT2D eigenvalue weighted by atomic mass is 16.5. The molecule has 0 spiro atoms. The van der Waals surface area contributed by atoms with Crippen LogP contribution in [-0.2, 0) is 0 Å². The summed E-state index contributed by atoms with van der Waals surface area (Å²) in [5, 5.41) is 0. The maximum Gasteiger partial charge on any atom is 0.130 e. The molecular weight excluding hydrogens is 234 g/mol. The Balaban J connectivity index is 2.68. The zero-order valence-electron chi connectivity index (χ0n) is 11.6. The van der Waals surface area contributed by atoms with Gasteiger partial charge in [-0.3, -0.25) is 4.99 Å². The van der Waals surface area contributed by atoms with Gasteiger partial charge in [-0.05, 0) is 25.0 Å². The van der Waals surface area contributed by atoms with E-state index in [1.807, 2.05) is 6.08 Å². The van der Waals surface area contributed by atoms with Crippen molar-refractivity contribution in [3.63, 3.8) is 0 Å². The number of ether oxygens (including phenoxy) is 1. The van der Waals surface area contributed by atoms with Gasteiger partial charge < -0.3 is 4.74 Å². The van der Waals surface area contributed by atoms with Crippen molar-refractivity contribution < 1.29 is 4.74 Å². The van der Waals surface area contributed by atoms with E-state index in [-0.39, 0.29) is 0 Å². The molecule has 1 aromatic rings. The lowest BCUT2D eigenvalue weighted by molar-refractivity contribution is 0.328. The zero-order valence-corrected chi connectivity index (χ0v) is 11.6. The molecule has 0 aromatic heterocycles. The molecule has 0 N–H and O–H groups in total. The fourth-order valence-electron chi connectivity index (χ4n) is 2.28. The van der Waals surface area contributed by atoms with Crippen LogP contribution < -0.4 is 4.74 Å². The van der Waals surface area contributed by atoms with Gasteiger partial charge in [-0.1, -0.05) is 37.4 Å². The predicted octanol–water partition coefficient (Wildman–Crippen LogP) is 4.24. The molecule has 0 saturated heterocycles. The molecule has 0 bridgehead atoms. The maximum atomic E-state index is 5.92. The Hall–Kier alpha value is -2.09. The molecule has 1 aromatic carbocycles. The summed E-state index contributed by atoms with van der Waals surface area (Å²) in [5.41, 5.74) is 5.58. The quantitative estimate of drug-likeness (QED) is 0.772. The Morgan fingerprint density at radius 3 is 2.74 bits per heavy atom. The number of aryl methyl sites for hydroxylation is 1. The molecular formula is C17H19NO. The Morgan fingerprint density at radius 1 is 1.26 bits per heavy atom. The van der Waals surface area contributed by atoms with Crippen LogP contribution in [0.25, 0.3) is 5.57 Å². The molecule has 0 atom stereocenters. The molecule has 0 unspecified atom stereocenters. The van der Waals surface area contributed by atoms with Crippen LogP contribution in [-0.4, -0.2) is 12.3 Å². The summed E-state index contributed by atoms with van der Waals surface area (Å²) in [6.07, 6.45) is 6.14. The van der Waals surface area contributed by atoms with E-state index in [2.05, 4.69) is 44.1 Å². The minimum atomic E-state index is 0.637. The summed E-state index contributed by atoms with van der Waals surface area (Å²) >= 11 is 0. The molecule has 0 amide bonds. The third-order valence-corrected chi connectivity index (χ3v) is 3.39. The van der Waals surface area contributed by atoms with Gasteiger partial charge >= 0.3 is 0 Å². The van der Waals surface area contributed by atoms with Crippen molar-refractivity contribution in [3.05, 3.63) is 60.3 Å². The summed E-state index contributed by atoms with van der Waals surface area (Å²) < 4.78 is 5.92. The van der Waals surface area contributed by atoms with Crippen LogP contribution in [0.3, 0.4) is 0 Å². The second-order valence-corrected chi connectivity index (χ2v) is 4.56. The van der Waals surface area contributed by atoms with Gasteiger partial charge in [0.05, 0.1) is 12.3 Å². The predicted molar refractivity (Wildman–Crippen MR) is 81.8 cm³/mol. The second-order valence-electron chi connectivity index (χ2n) is 4.56. The van der Waals surface area contributed by atoms with Crippen LogP contribution in [0.2, 0.25) is 0 Å². The van der Waals surface area contributed by atoms with E-state index in [4.69, 9.17) is 4.74 Å². The molecule has 0 saturated carbocycles. The third-order valence-electron chi connectivity index (χ3n) is 3.39. The first-order valence-electron chi connectivity index (χ1n) is 6.43. The normalized spacial score (nSPS) is 18.6. The Bertz CT molecular complexity index is 579. The van der Waals surface area contributed by atoms with E-state index in [1.165, 1.54) is 11.1 Å². The molecule has 0 aliphatic carbocycles. The van der Waals surface area contributed by atoms with Gasteiger partial charge in [0.1, 0.15) is 5.75 Å². The first kappa shape index (κ1) is 13.3. The van der Waals surface area contributed by atoms with Crippen LogP contribution in [0.4, 0.5) is 0 Å². The van der Waals surface area contributed by atoms with E-state index in [0.717, 1.165) is 29.0 Å². The number of hydrogen-bond acceptors (Lipinski definition) is 2. The zero-order chi connectivity index (χ0) is 13.8. The molecule has 2 rings (SSSR count). The number of fused-ring (bicyclic) bond motifs is 1. The van der Waals surface area contributed by atoms with Gasteiger partial charge in [0, 0.05) is 23.8 Å². The molecule has 1 heterocycles. The lowest BCUT2D eigenvalue weighted by Crippen LogP contribution is -2.03. The Labute approximate surface area is 114 Å². The number of allylic oxidation sites excluding steroid dienone is 3. The van der Waals surface area contributed by atoms with Gasteiger partial charge in [0.15, 0.2) is 0 Å². The highest BCUT2D eigenvalue weighted by Gasteiger charge is 2.20. The van der Waals surface area contributed by atoms with Crippen molar-refractivity contribution in [2.75, 3.05) is 6.61 Å². The molecule has 19 heavy (non-hydrogen) atoms. The first-order chi connectivity index (χ1) is 9.19. The van der Waals surface area contributed by atoms with Crippen LogP contribution in [0.5, 0.6) is 5.75 Å². The van der Waals surface area contributed by atoms with Crippen LogP contribution >= 0.6 is 0 Å². The van der Waals surface area contributed by atoms with Crippen molar-refractivity contribution in [1.29, 1.82) is 0 Å². The fraction of sp³-hybridized carbons (Fsp3) is 0.235.